The van der Waals surface area contributed by atoms with Crippen molar-refractivity contribution < 1.29 is 13.9 Å². The highest BCUT2D eigenvalue weighted by Gasteiger charge is 2.24. The number of halogens is 1. The summed E-state index contributed by atoms with van der Waals surface area (Å²) in [7, 11) is 0. The Hall–Kier alpha value is -1.69. The van der Waals surface area contributed by atoms with E-state index in [4.69, 9.17) is 0 Å². The quantitative estimate of drug-likeness (QED) is 0.789. The number of aromatic nitrogens is 1. The van der Waals surface area contributed by atoms with E-state index < -0.39 is 17.1 Å². The summed E-state index contributed by atoms with van der Waals surface area (Å²) in [6.45, 7) is 1.66. The number of fused-ring (bicyclic) bond motifs is 1. The van der Waals surface area contributed by atoms with Crippen LogP contribution in [-0.2, 0) is 9.53 Å². The zero-order valence-corrected chi connectivity index (χ0v) is 9.87. The smallest absolute Gasteiger partial charge is 0.362 e. The largest absolute Gasteiger partial charge is 0.462 e. The number of carbonyl (C=O) groups excluding carboxylic acids is 1. The van der Waals surface area contributed by atoms with Crippen molar-refractivity contribution in [1.29, 1.82) is 0 Å². The van der Waals surface area contributed by atoms with Crippen LogP contribution in [0.2, 0.25) is 0 Å². The molecule has 0 aliphatic heterocycles. The molecule has 2 rings (SSSR count). The summed E-state index contributed by atoms with van der Waals surface area (Å²) in [6, 6.07) is 6.73. The van der Waals surface area contributed by atoms with E-state index in [9.17, 15) is 14.0 Å². The Morgan fingerprint density at radius 1 is 1.53 bits per heavy atom. The third kappa shape index (κ3) is 2.08. The van der Waals surface area contributed by atoms with Gasteiger partial charge in [0.2, 0.25) is 0 Å². The highest BCUT2D eigenvalue weighted by molar-refractivity contribution is 7.16. The van der Waals surface area contributed by atoms with E-state index in [0.717, 1.165) is 15.9 Å². The summed E-state index contributed by atoms with van der Waals surface area (Å²) in [5.41, 5.74) is 0.406. The molecule has 6 heteroatoms. The molecule has 0 N–H and O–H groups in total. The third-order valence-corrected chi connectivity index (χ3v) is 3.16. The van der Waals surface area contributed by atoms with Gasteiger partial charge in [-0.3, -0.25) is 9.36 Å². The van der Waals surface area contributed by atoms with Crippen molar-refractivity contribution in [3.63, 3.8) is 0 Å². The van der Waals surface area contributed by atoms with Crippen molar-refractivity contribution in [2.24, 2.45) is 0 Å². The maximum absolute atomic E-state index is 13.8. The molecule has 2 aromatic rings. The average molecular weight is 255 g/mol. The van der Waals surface area contributed by atoms with Gasteiger partial charge in [-0.1, -0.05) is 23.5 Å². The van der Waals surface area contributed by atoms with Crippen molar-refractivity contribution in [1.82, 2.24) is 4.57 Å². The van der Waals surface area contributed by atoms with Crippen molar-refractivity contribution in [2.45, 2.75) is 13.2 Å². The van der Waals surface area contributed by atoms with E-state index in [1.807, 2.05) is 0 Å². The van der Waals surface area contributed by atoms with Crippen LogP contribution in [0.25, 0.3) is 10.2 Å². The topological polar surface area (TPSA) is 48.3 Å². The Balaban J connectivity index is 2.51. The number of nitrogens with zero attached hydrogens (tertiary/aromatic N) is 1. The summed E-state index contributed by atoms with van der Waals surface area (Å²) in [4.78, 5) is 22.4. The summed E-state index contributed by atoms with van der Waals surface area (Å²) >= 11 is 0.902. The Kier molecular flexibility index (Phi) is 3.23. The van der Waals surface area contributed by atoms with Crippen LogP contribution in [0.4, 0.5) is 4.39 Å². The van der Waals surface area contributed by atoms with Crippen LogP contribution in [-0.4, -0.2) is 17.1 Å². The maximum atomic E-state index is 13.8. The van der Waals surface area contributed by atoms with Gasteiger partial charge in [0.25, 0.3) is 6.30 Å². The molecular formula is C11H10FNO3S. The fraction of sp³-hybridized carbons (Fsp3) is 0.273. The van der Waals surface area contributed by atoms with Gasteiger partial charge in [-0.25, -0.2) is 9.18 Å². The fourth-order valence-electron chi connectivity index (χ4n) is 1.52. The first-order valence-electron chi connectivity index (χ1n) is 5.06. The zero-order chi connectivity index (χ0) is 12.4. The lowest BCUT2D eigenvalue weighted by Crippen LogP contribution is -2.24. The molecule has 1 heterocycles. The third-order valence-electron chi connectivity index (χ3n) is 2.23. The lowest BCUT2D eigenvalue weighted by molar-refractivity contribution is -0.152. The summed E-state index contributed by atoms with van der Waals surface area (Å²) in [5, 5.41) is 0. The molecule has 0 saturated heterocycles. The summed E-state index contributed by atoms with van der Waals surface area (Å²) in [5.74, 6) is -1.04. The number of thiazole rings is 1. The van der Waals surface area contributed by atoms with Gasteiger partial charge in [-0.15, -0.1) is 0 Å². The molecule has 0 spiro atoms. The molecule has 0 bridgehead atoms. The molecule has 1 atom stereocenters. The Morgan fingerprint density at radius 2 is 2.24 bits per heavy atom. The van der Waals surface area contributed by atoms with E-state index in [0.29, 0.717) is 10.2 Å². The summed E-state index contributed by atoms with van der Waals surface area (Å²) in [6.07, 6.45) is -2.08. The van der Waals surface area contributed by atoms with E-state index >= 15 is 0 Å². The van der Waals surface area contributed by atoms with Crippen LogP contribution in [0.15, 0.2) is 29.1 Å². The second kappa shape index (κ2) is 4.67. The number of ether oxygens (including phenoxy) is 1. The van der Waals surface area contributed by atoms with Gasteiger partial charge >= 0.3 is 10.8 Å². The van der Waals surface area contributed by atoms with Crippen LogP contribution in [0, 0.1) is 0 Å². The number of rotatable bonds is 3. The van der Waals surface area contributed by atoms with Gasteiger partial charge < -0.3 is 4.74 Å². The monoisotopic (exact) mass is 255 g/mol. The van der Waals surface area contributed by atoms with E-state index in [1.165, 1.54) is 0 Å². The molecule has 1 aromatic carbocycles. The van der Waals surface area contributed by atoms with Gasteiger partial charge in [-0.05, 0) is 19.1 Å². The predicted molar refractivity (Wildman–Crippen MR) is 62.9 cm³/mol. The number of hydrogen-bond donors (Lipinski definition) is 0. The van der Waals surface area contributed by atoms with E-state index in [2.05, 4.69) is 4.74 Å². The Labute approximate surface area is 100 Å². The first-order valence-corrected chi connectivity index (χ1v) is 5.87. The van der Waals surface area contributed by atoms with Gasteiger partial charge in [0.15, 0.2) is 0 Å². The van der Waals surface area contributed by atoms with Crippen LogP contribution in [0.3, 0.4) is 0 Å². The fourth-order valence-corrected chi connectivity index (χ4v) is 2.41. The molecule has 0 radical (unpaired) electrons. The van der Waals surface area contributed by atoms with Gasteiger partial charge in [0.1, 0.15) is 0 Å². The molecule has 4 nitrogen and oxygen atoms in total. The molecule has 17 heavy (non-hydrogen) atoms. The molecule has 0 aliphatic carbocycles. The van der Waals surface area contributed by atoms with Gasteiger partial charge in [-0.2, -0.15) is 0 Å². The number of alkyl halides is 1. The standard InChI is InChI=1S/C11H10FNO3S/c1-2-16-10(14)9(12)13-7-5-3-4-6-8(7)17-11(13)15/h3-6,9H,2H2,1H3. The molecule has 1 unspecified atom stereocenters. The molecule has 0 fully saturated rings. The molecule has 0 amide bonds. The van der Waals surface area contributed by atoms with Crippen molar-refractivity contribution in [2.75, 3.05) is 6.61 Å². The second-order valence-electron chi connectivity index (χ2n) is 3.29. The average Bonchev–Trinajstić information content (AvgIpc) is 2.64. The lowest BCUT2D eigenvalue weighted by Gasteiger charge is -2.08. The number of carbonyl (C=O) groups is 1. The minimum Gasteiger partial charge on any atom is -0.462 e. The molecule has 90 valence electrons. The minimum atomic E-state index is -2.08. The number of esters is 1. The lowest BCUT2D eigenvalue weighted by atomic mass is 10.3. The highest BCUT2D eigenvalue weighted by Crippen LogP contribution is 2.21. The number of hydrogen-bond acceptors (Lipinski definition) is 4. The normalized spacial score (nSPS) is 12.6. The number of para-hydroxylation sites is 1. The second-order valence-corrected chi connectivity index (χ2v) is 4.29. The first kappa shape index (κ1) is 11.8. The highest BCUT2D eigenvalue weighted by atomic mass is 32.1. The summed E-state index contributed by atoms with van der Waals surface area (Å²) < 4.78 is 19.9. The van der Waals surface area contributed by atoms with E-state index in [-0.39, 0.29) is 6.61 Å². The van der Waals surface area contributed by atoms with Crippen molar-refractivity contribution in [3.8, 4) is 0 Å². The first-order chi connectivity index (χ1) is 8.15. The maximum Gasteiger partial charge on any atom is 0.362 e. The van der Waals surface area contributed by atoms with Crippen molar-refractivity contribution in [3.05, 3.63) is 33.9 Å². The van der Waals surface area contributed by atoms with Gasteiger partial charge in [0.05, 0.1) is 16.8 Å². The molecule has 0 saturated carbocycles. The van der Waals surface area contributed by atoms with Gasteiger partial charge in [0, 0.05) is 0 Å². The van der Waals surface area contributed by atoms with Crippen LogP contribution < -0.4 is 4.87 Å². The number of benzene rings is 1. The zero-order valence-electron chi connectivity index (χ0n) is 9.05. The Morgan fingerprint density at radius 3 is 2.94 bits per heavy atom. The Bertz CT molecular complexity index is 604. The predicted octanol–water partition coefficient (Wildman–Crippen LogP) is 2.09. The van der Waals surface area contributed by atoms with Crippen LogP contribution >= 0.6 is 11.3 Å². The van der Waals surface area contributed by atoms with Crippen molar-refractivity contribution >= 4 is 27.5 Å². The van der Waals surface area contributed by atoms with E-state index in [1.54, 1.807) is 31.2 Å². The minimum absolute atomic E-state index is 0.0794. The van der Waals surface area contributed by atoms with Crippen LogP contribution in [0.5, 0.6) is 0 Å². The molecule has 0 aliphatic rings. The molecular weight excluding hydrogens is 245 g/mol. The molecule has 1 aromatic heterocycles. The van der Waals surface area contributed by atoms with Crippen LogP contribution in [0.1, 0.15) is 13.2 Å². The SMILES string of the molecule is CCOC(=O)C(F)n1c(=O)sc2ccccc21.